The van der Waals surface area contributed by atoms with Gasteiger partial charge in [0.25, 0.3) is 0 Å². The summed E-state index contributed by atoms with van der Waals surface area (Å²) in [5, 5.41) is 0. The third-order valence-electron chi connectivity index (χ3n) is 5.09. The Bertz CT molecular complexity index is 532. The minimum atomic E-state index is -0.481. The number of carbonyl (C=O) groups excluding carboxylic acids is 1. The van der Waals surface area contributed by atoms with Crippen molar-refractivity contribution in [2.24, 2.45) is 5.92 Å². The third kappa shape index (κ3) is 4.89. The third-order valence-corrected chi connectivity index (χ3v) is 5.09. The van der Waals surface area contributed by atoms with Crippen molar-refractivity contribution in [1.82, 2.24) is 14.9 Å². The first kappa shape index (κ1) is 17.1. The summed E-state index contributed by atoms with van der Waals surface area (Å²) < 4.78 is 18.5. The molecule has 3 rings (SSSR count). The molecule has 1 aliphatic carbocycles. The zero-order valence-electron chi connectivity index (χ0n) is 14.1. The molecule has 1 unspecified atom stereocenters. The highest BCUT2D eigenvalue weighted by Gasteiger charge is 2.26. The second-order valence-electron chi connectivity index (χ2n) is 6.95. The lowest BCUT2D eigenvalue weighted by atomic mass is 9.86. The Morgan fingerprint density at radius 3 is 2.67 bits per heavy atom. The first-order chi connectivity index (χ1) is 11.7. The van der Waals surface area contributed by atoms with Crippen LogP contribution in [0.4, 0.5) is 4.39 Å². The number of halogens is 1. The van der Waals surface area contributed by atoms with E-state index in [1.165, 1.54) is 32.1 Å². The Hall–Kier alpha value is -1.72. The quantitative estimate of drug-likeness (QED) is 0.828. The van der Waals surface area contributed by atoms with Gasteiger partial charge < -0.3 is 9.64 Å². The standard InChI is InChI=1S/C18H26FN3O2/c19-15-11-20-18(21-12-15)24-16-7-4-10-22(13-16)17(23)9-8-14-5-2-1-3-6-14/h11-12,14,16H,1-10,13H2. The SMILES string of the molecule is O=C(CCC1CCCCC1)N1CCCC(Oc2ncc(F)cn2)C1. The first-order valence-electron chi connectivity index (χ1n) is 9.12. The van der Waals surface area contributed by atoms with Crippen LogP contribution in [0.3, 0.4) is 0 Å². The number of piperidine rings is 1. The van der Waals surface area contributed by atoms with Crippen molar-refractivity contribution in [1.29, 1.82) is 0 Å². The van der Waals surface area contributed by atoms with Crippen molar-refractivity contribution < 1.29 is 13.9 Å². The first-order valence-corrected chi connectivity index (χ1v) is 9.12. The lowest BCUT2D eigenvalue weighted by Gasteiger charge is -2.33. The van der Waals surface area contributed by atoms with Gasteiger partial charge >= 0.3 is 6.01 Å². The predicted octanol–water partition coefficient (Wildman–Crippen LogP) is 3.35. The topological polar surface area (TPSA) is 55.3 Å². The van der Waals surface area contributed by atoms with Crippen LogP contribution >= 0.6 is 0 Å². The Kier molecular flexibility index (Phi) is 5.99. The fourth-order valence-corrected chi connectivity index (χ4v) is 3.73. The number of ether oxygens (including phenoxy) is 1. The zero-order chi connectivity index (χ0) is 16.8. The summed E-state index contributed by atoms with van der Waals surface area (Å²) in [4.78, 5) is 22.0. The van der Waals surface area contributed by atoms with Crippen LogP contribution in [0.2, 0.25) is 0 Å². The van der Waals surface area contributed by atoms with Gasteiger partial charge in [-0.25, -0.2) is 14.4 Å². The van der Waals surface area contributed by atoms with E-state index in [1.807, 2.05) is 4.90 Å². The molecule has 24 heavy (non-hydrogen) atoms. The van der Waals surface area contributed by atoms with Crippen molar-refractivity contribution in [3.63, 3.8) is 0 Å². The van der Waals surface area contributed by atoms with Crippen LogP contribution in [-0.4, -0.2) is 40.0 Å². The Labute approximate surface area is 142 Å². The molecule has 0 aromatic carbocycles. The Balaban J connectivity index is 1.45. The largest absolute Gasteiger partial charge is 0.458 e. The van der Waals surface area contributed by atoms with E-state index < -0.39 is 5.82 Å². The maximum Gasteiger partial charge on any atom is 0.316 e. The van der Waals surface area contributed by atoms with Crippen molar-refractivity contribution in [3.05, 3.63) is 18.2 Å². The smallest absolute Gasteiger partial charge is 0.316 e. The molecule has 0 radical (unpaired) electrons. The number of aromatic nitrogens is 2. The molecule has 1 atom stereocenters. The fourth-order valence-electron chi connectivity index (χ4n) is 3.73. The minimum absolute atomic E-state index is 0.108. The summed E-state index contributed by atoms with van der Waals surface area (Å²) in [6.45, 7) is 1.37. The van der Waals surface area contributed by atoms with Gasteiger partial charge in [0.1, 0.15) is 6.10 Å². The zero-order valence-corrected chi connectivity index (χ0v) is 14.1. The molecule has 1 aliphatic heterocycles. The molecule has 1 amide bonds. The average molecular weight is 335 g/mol. The number of hydrogen-bond acceptors (Lipinski definition) is 4. The van der Waals surface area contributed by atoms with Gasteiger partial charge in [-0.3, -0.25) is 4.79 Å². The summed E-state index contributed by atoms with van der Waals surface area (Å²) in [7, 11) is 0. The molecule has 0 N–H and O–H groups in total. The van der Waals surface area contributed by atoms with E-state index in [4.69, 9.17) is 4.74 Å². The normalized spacial score (nSPS) is 22.4. The number of nitrogens with zero attached hydrogens (tertiary/aromatic N) is 3. The van der Waals surface area contributed by atoms with E-state index in [0.29, 0.717) is 13.0 Å². The fraction of sp³-hybridized carbons (Fsp3) is 0.722. The van der Waals surface area contributed by atoms with Gasteiger partial charge in [-0.05, 0) is 25.2 Å². The van der Waals surface area contributed by atoms with Crippen molar-refractivity contribution >= 4 is 5.91 Å². The van der Waals surface area contributed by atoms with Crippen LogP contribution in [0.25, 0.3) is 0 Å². The summed E-state index contributed by atoms with van der Waals surface area (Å²) >= 11 is 0. The molecule has 1 aromatic rings. The van der Waals surface area contributed by atoms with E-state index in [2.05, 4.69) is 9.97 Å². The van der Waals surface area contributed by atoms with E-state index in [1.54, 1.807) is 0 Å². The van der Waals surface area contributed by atoms with Crippen molar-refractivity contribution in [2.45, 2.75) is 63.9 Å². The highest BCUT2D eigenvalue weighted by molar-refractivity contribution is 5.76. The highest BCUT2D eigenvalue weighted by atomic mass is 19.1. The maximum atomic E-state index is 12.8. The highest BCUT2D eigenvalue weighted by Crippen LogP contribution is 2.27. The second kappa shape index (κ2) is 8.40. The monoisotopic (exact) mass is 335 g/mol. The lowest BCUT2D eigenvalue weighted by molar-refractivity contribution is -0.134. The minimum Gasteiger partial charge on any atom is -0.458 e. The Morgan fingerprint density at radius 1 is 1.17 bits per heavy atom. The number of amides is 1. The number of carbonyl (C=O) groups is 1. The summed E-state index contributed by atoms with van der Waals surface area (Å²) in [5.41, 5.74) is 0. The van der Waals surface area contributed by atoms with Crippen molar-refractivity contribution in [3.8, 4) is 6.01 Å². The molecule has 2 aliphatic rings. The molecule has 2 fully saturated rings. The molecular formula is C18H26FN3O2. The molecule has 0 bridgehead atoms. The molecule has 1 saturated carbocycles. The van der Waals surface area contributed by atoms with Crippen LogP contribution in [0.15, 0.2) is 12.4 Å². The average Bonchev–Trinajstić information content (AvgIpc) is 2.63. The Morgan fingerprint density at radius 2 is 1.92 bits per heavy atom. The summed E-state index contributed by atoms with van der Waals surface area (Å²) in [6.07, 6.45) is 12.1. The van der Waals surface area contributed by atoms with Gasteiger partial charge in [-0.2, -0.15) is 0 Å². The molecule has 1 saturated heterocycles. The molecule has 2 heterocycles. The van der Waals surface area contributed by atoms with E-state index in [-0.39, 0.29) is 18.0 Å². The van der Waals surface area contributed by atoms with Crippen LogP contribution in [-0.2, 0) is 4.79 Å². The number of likely N-dealkylation sites (tertiary alicyclic amines) is 1. The summed E-state index contributed by atoms with van der Waals surface area (Å²) in [5.74, 6) is 0.478. The van der Waals surface area contributed by atoms with Gasteiger partial charge in [0.2, 0.25) is 5.91 Å². The molecule has 1 aromatic heterocycles. The van der Waals surface area contributed by atoms with Crippen LogP contribution in [0.1, 0.15) is 57.8 Å². The molecule has 6 heteroatoms. The predicted molar refractivity (Wildman–Crippen MR) is 88.0 cm³/mol. The van der Waals surface area contributed by atoms with Crippen LogP contribution in [0, 0.1) is 11.7 Å². The van der Waals surface area contributed by atoms with Gasteiger partial charge in [0, 0.05) is 13.0 Å². The van der Waals surface area contributed by atoms with Gasteiger partial charge in [-0.15, -0.1) is 0 Å². The summed E-state index contributed by atoms with van der Waals surface area (Å²) in [6, 6.07) is 0.179. The van der Waals surface area contributed by atoms with E-state index >= 15 is 0 Å². The van der Waals surface area contributed by atoms with E-state index in [9.17, 15) is 9.18 Å². The van der Waals surface area contributed by atoms with Crippen LogP contribution < -0.4 is 4.74 Å². The lowest BCUT2D eigenvalue weighted by Crippen LogP contribution is -2.44. The van der Waals surface area contributed by atoms with Crippen molar-refractivity contribution in [2.75, 3.05) is 13.1 Å². The number of rotatable bonds is 5. The van der Waals surface area contributed by atoms with E-state index in [0.717, 1.165) is 44.1 Å². The van der Waals surface area contributed by atoms with Gasteiger partial charge in [-0.1, -0.05) is 32.1 Å². The second-order valence-corrected chi connectivity index (χ2v) is 6.95. The van der Waals surface area contributed by atoms with Gasteiger partial charge in [0.15, 0.2) is 5.82 Å². The molecule has 0 spiro atoms. The molecule has 5 nitrogen and oxygen atoms in total. The molecule has 132 valence electrons. The van der Waals surface area contributed by atoms with Gasteiger partial charge in [0.05, 0.1) is 18.9 Å². The number of hydrogen-bond donors (Lipinski definition) is 0. The molecular weight excluding hydrogens is 309 g/mol. The maximum absolute atomic E-state index is 12.8. The van der Waals surface area contributed by atoms with Crippen LogP contribution in [0.5, 0.6) is 6.01 Å².